The van der Waals surface area contributed by atoms with Crippen LogP contribution in [0.1, 0.15) is 33.3 Å². The first-order valence-corrected chi connectivity index (χ1v) is 8.15. The predicted molar refractivity (Wildman–Crippen MR) is 83.5 cm³/mol. The Morgan fingerprint density at radius 1 is 1.21 bits per heavy atom. The summed E-state index contributed by atoms with van der Waals surface area (Å²) in [6.07, 6.45) is -4.94. The standard InChI is InChI=1S/C14H19F3N2O4S/c1-5-23-13(14(15,16)17,18-24(22)12(2,3)4)10-6-8-11(9-7-10)19(20)21/h6-9,18H,5H2,1-4H3. The second-order valence-electron chi connectivity index (χ2n) is 5.90. The summed E-state index contributed by atoms with van der Waals surface area (Å²) in [4.78, 5) is 9.96. The number of hydrogen-bond donors (Lipinski definition) is 1. The number of non-ortho nitro benzene ring substituents is 1. The summed E-state index contributed by atoms with van der Waals surface area (Å²) in [6.45, 7) is 5.59. The first-order valence-electron chi connectivity index (χ1n) is 7.00. The van der Waals surface area contributed by atoms with Crippen LogP contribution < -0.4 is 4.72 Å². The number of ether oxygens (including phenoxy) is 1. The third kappa shape index (κ3) is 4.31. The highest BCUT2D eigenvalue weighted by molar-refractivity contribution is 7.84. The normalized spacial score (nSPS) is 16.5. The number of nitro benzene ring substituents is 1. The van der Waals surface area contributed by atoms with E-state index in [1.807, 2.05) is 4.72 Å². The molecule has 2 unspecified atom stereocenters. The number of hydrogen-bond acceptors (Lipinski definition) is 4. The van der Waals surface area contributed by atoms with E-state index in [0.29, 0.717) is 0 Å². The quantitative estimate of drug-likeness (QED) is 0.474. The van der Waals surface area contributed by atoms with Crippen LogP contribution in [0.15, 0.2) is 24.3 Å². The van der Waals surface area contributed by atoms with Crippen LogP contribution >= 0.6 is 0 Å². The maximum absolute atomic E-state index is 13.8. The minimum absolute atomic E-state index is 0.315. The summed E-state index contributed by atoms with van der Waals surface area (Å²) >= 11 is 0. The maximum atomic E-state index is 13.8. The van der Waals surface area contributed by atoms with Gasteiger partial charge in [-0.25, -0.2) is 4.21 Å². The molecule has 0 saturated carbocycles. The predicted octanol–water partition coefficient (Wildman–Crippen LogP) is 3.40. The van der Waals surface area contributed by atoms with Crippen molar-refractivity contribution in [1.82, 2.24) is 4.72 Å². The fourth-order valence-corrected chi connectivity index (χ4v) is 2.65. The van der Waals surface area contributed by atoms with Gasteiger partial charge in [-0.05, 0) is 39.8 Å². The topological polar surface area (TPSA) is 81.5 Å². The summed E-state index contributed by atoms with van der Waals surface area (Å²) in [6, 6.07) is 3.76. The number of halogens is 3. The maximum Gasteiger partial charge on any atom is 0.436 e. The molecule has 136 valence electrons. The molecule has 0 fully saturated rings. The van der Waals surface area contributed by atoms with Gasteiger partial charge in [0.05, 0.1) is 20.7 Å². The SMILES string of the molecule is CCOC(NS(=O)C(C)(C)C)(c1ccc([N+](=O)[O-])cc1)C(F)(F)F. The molecule has 0 aliphatic rings. The molecule has 0 spiro atoms. The first-order chi connectivity index (χ1) is 10.8. The van der Waals surface area contributed by atoms with Gasteiger partial charge in [0.25, 0.3) is 11.4 Å². The van der Waals surface area contributed by atoms with Crippen LogP contribution in [-0.4, -0.2) is 26.7 Å². The molecule has 2 atom stereocenters. The van der Waals surface area contributed by atoms with Crippen molar-refractivity contribution in [3.8, 4) is 0 Å². The van der Waals surface area contributed by atoms with Gasteiger partial charge in [0.1, 0.15) is 0 Å². The second-order valence-corrected chi connectivity index (χ2v) is 7.87. The monoisotopic (exact) mass is 368 g/mol. The molecule has 10 heteroatoms. The van der Waals surface area contributed by atoms with Crippen molar-refractivity contribution in [2.45, 2.75) is 44.3 Å². The Bertz CT molecular complexity index is 614. The molecule has 0 aliphatic heterocycles. The molecular weight excluding hydrogens is 349 g/mol. The van der Waals surface area contributed by atoms with E-state index in [1.165, 1.54) is 27.7 Å². The Morgan fingerprint density at radius 3 is 2.04 bits per heavy atom. The van der Waals surface area contributed by atoms with Crippen molar-refractivity contribution in [3.05, 3.63) is 39.9 Å². The zero-order valence-electron chi connectivity index (χ0n) is 13.6. The van der Waals surface area contributed by atoms with Gasteiger partial charge in [-0.15, -0.1) is 0 Å². The molecule has 24 heavy (non-hydrogen) atoms. The fraction of sp³-hybridized carbons (Fsp3) is 0.571. The summed E-state index contributed by atoms with van der Waals surface area (Å²) in [5.41, 5.74) is -3.81. The molecule has 6 nitrogen and oxygen atoms in total. The molecule has 0 aromatic heterocycles. The van der Waals surface area contributed by atoms with Crippen LogP contribution in [0, 0.1) is 10.1 Å². The van der Waals surface area contributed by atoms with Crippen molar-refractivity contribution in [1.29, 1.82) is 0 Å². The molecule has 0 radical (unpaired) electrons. The summed E-state index contributed by atoms with van der Waals surface area (Å²) in [5.74, 6) is 0. The van der Waals surface area contributed by atoms with E-state index < -0.39 is 38.1 Å². The average Bonchev–Trinajstić information content (AvgIpc) is 2.44. The molecule has 0 aliphatic carbocycles. The van der Waals surface area contributed by atoms with Gasteiger partial charge in [-0.1, -0.05) is 0 Å². The summed E-state index contributed by atoms with van der Waals surface area (Å²) in [7, 11) is -2.10. The van der Waals surface area contributed by atoms with E-state index in [-0.39, 0.29) is 12.3 Å². The van der Waals surface area contributed by atoms with Crippen molar-refractivity contribution < 1.29 is 27.0 Å². The Morgan fingerprint density at radius 2 is 1.71 bits per heavy atom. The number of nitrogens with one attached hydrogen (secondary N) is 1. The van der Waals surface area contributed by atoms with E-state index in [1.54, 1.807) is 0 Å². The van der Waals surface area contributed by atoms with Gasteiger partial charge < -0.3 is 4.74 Å². The highest BCUT2D eigenvalue weighted by Gasteiger charge is 2.59. The van der Waals surface area contributed by atoms with Crippen LogP contribution in [-0.2, 0) is 21.4 Å². The average molecular weight is 368 g/mol. The van der Waals surface area contributed by atoms with E-state index in [2.05, 4.69) is 0 Å². The Balaban J connectivity index is 3.46. The highest BCUT2D eigenvalue weighted by atomic mass is 32.2. The lowest BCUT2D eigenvalue weighted by atomic mass is 10.0. The second kappa shape index (κ2) is 7.16. The van der Waals surface area contributed by atoms with Gasteiger partial charge in [0.2, 0.25) is 0 Å². The lowest BCUT2D eigenvalue weighted by Gasteiger charge is -2.37. The van der Waals surface area contributed by atoms with Gasteiger partial charge in [0.15, 0.2) is 0 Å². The van der Waals surface area contributed by atoms with Gasteiger partial charge in [0, 0.05) is 24.3 Å². The summed E-state index contributed by atoms with van der Waals surface area (Å²) < 4.78 is 59.7. The van der Waals surface area contributed by atoms with Crippen LogP contribution in [0.5, 0.6) is 0 Å². The molecule has 0 amide bonds. The number of nitrogens with zero attached hydrogens (tertiary/aromatic N) is 1. The number of benzene rings is 1. The van der Waals surface area contributed by atoms with Gasteiger partial charge >= 0.3 is 6.18 Å². The third-order valence-corrected chi connectivity index (χ3v) is 4.62. The highest BCUT2D eigenvalue weighted by Crippen LogP contribution is 2.41. The lowest BCUT2D eigenvalue weighted by Crippen LogP contribution is -2.58. The minimum Gasteiger partial charge on any atom is -0.348 e. The molecular formula is C14H19F3N2O4S. The van der Waals surface area contributed by atoms with Crippen molar-refractivity contribution in [2.75, 3.05) is 6.61 Å². The van der Waals surface area contributed by atoms with Crippen LogP contribution in [0.3, 0.4) is 0 Å². The van der Waals surface area contributed by atoms with E-state index in [9.17, 15) is 27.5 Å². The smallest absolute Gasteiger partial charge is 0.348 e. The van der Waals surface area contributed by atoms with E-state index in [4.69, 9.17) is 4.74 Å². The van der Waals surface area contributed by atoms with E-state index in [0.717, 1.165) is 24.3 Å². The molecule has 1 aromatic rings. The number of rotatable bonds is 6. The van der Waals surface area contributed by atoms with E-state index >= 15 is 0 Å². The molecule has 1 aromatic carbocycles. The van der Waals surface area contributed by atoms with Gasteiger partial charge in [-0.2, -0.15) is 17.9 Å². The Labute approximate surface area is 140 Å². The lowest BCUT2D eigenvalue weighted by molar-refractivity contribution is -0.384. The largest absolute Gasteiger partial charge is 0.436 e. The number of alkyl halides is 3. The van der Waals surface area contributed by atoms with Crippen LogP contribution in [0.4, 0.5) is 18.9 Å². The Hall–Kier alpha value is -1.52. The first kappa shape index (κ1) is 20.5. The Kier molecular flexibility index (Phi) is 6.12. The molecule has 0 bridgehead atoms. The molecule has 1 N–H and O–H groups in total. The number of nitro groups is 1. The fourth-order valence-electron chi connectivity index (χ4n) is 1.79. The summed E-state index contributed by atoms with van der Waals surface area (Å²) in [5, 5.41) is 10.7. The zero-order valence-corrected chi connectivity index (χ0v) is 14.5. The van der Waals surface area contributed by atoms with Crippen molar-refractivity contribution in [3.63, 3.8) is 0 Å². The van der Waals surface area contributed by atoms with Crippen molar-refractivity contribution in [2.24, 2.45) is 0 Å². The molecule has 0 heterocycles. The minimum atomic E-state index is -4.94. The molecule has 0 saturated heterocycles. The third-order valence-electron chi connectivity index (χ3n) is 3.04. The van der Waals surface area contributed by atoms with Gasteiger partial charge in [-0.3, -0.25) is 10.1 Å². The van der Waals surface area contributed by atoms with Crippen LogP contribution in [0.25, 0.3) is 0 Å². The molecule has 1 rings (SSSR count). The van der Waals surface area contributed by atoms with Crippen LogP contribution in [0.2, 0.25) is 0 Å². The van der Waals surface area contributed by atoms with Crippen molar-refractivity contribution >= 4 is 16.7 Å². The zero-order chi connectivity index (χ0) is 18.8.